The Morgan fingerprint density at radius 2 is 2.14 bits per heavy atom. The van der Waals surface area contributed by atoms with Crippen molar-refractivity contribution in [3.05, 3.63) is 0 Å². The van der Waals surface area contributed by atoms with Crippen LogP contribution in [-0.2, 0) is 4.74 Å². The zero-order chi connectivity index (χ0) is 10.8. The lowest BCUT2D eigenvalue weighted by Gasteiger charge is -2.30. The minimum Gasteiger partial charge on any atom is -0.367 e. The lowest BCUT2D eigenvalue weighted by molar-refractivity contribution is -0.263. The van der Waals surface area contributed by atoms with Crippen LogP contribution < -0.4 is 5.73 Å². The number of ether oxygens (including phenoxy) is 1. The van der Waals surface area contributed by atoms with Crippen molar-refractivity contribution >= 4 is 0 Å². The van der Waals surface area contributed by atoms with Gasteiger partial charge in [0.05, 0.1) is 0 Å². The van der Waals surface area contributed by atoms with Crippen molar-refractivity contribution in [3.8, 4) is 0 Å². The van der Waals surface area contributed by atoms with E-state index < -0.39 is 11.8 Å². The van der Waals surface area contributed by atoms with Gasteiger partial charge in [-0.15, -0.1) is 0 Å². The minimum absolute atomic E-state index is 0.00694. The van der Waals surface area contributed by atoms with Gasteiger partial charge in [-0.2, -0.15) is 13.2 Å². The number of hydrogen-bond acceptors (Lipinski definition) is 3. The first-order valence-electron chi connectivity index (χ1n) is 4.49. The summed E-state index contributed by atoms with van der Waals surface area (Å²) in [4.78, 5) is 1.68. The lowest BCUT2D eigenvalue weighted by Crippen LogP contribution is -2.49. The molecule has 0 bridgehead atoms. The molecule has 1 atom stereocenters. The third kappa shape index (κ3) is 2.02. The van der Waals surface area contributed by atoms with Gasteiger partial charge in [0.15, 0.2) is 5.60 Å². The van der Waals surface area contributed by atoms with Gasteiger partial charge in [-0.3, -0.25) is 4.90 Å². The molecule has 0 aromatic rings. The number of likely N-dealkylation sites (tertiary alicyclic amines) is 1. The molecule has 3 nitrogen and oxygen atoms in total. The van der Waals surface area contributed by atoms with E-state index in [-0.39, 0.29) is 13.0 Å². The van der Waals surface area contributed by atoms with Crippen LogP contribution in [0.1, 0.15) is 6.42 Å². The molecule has 2 N–H and O–H groups in total. The molecule has 0 aromatic heterocycles. The Hall–Kier alpha value is -0.330. The molecule has 1 aliphatic heterocycles. The van der Waals surface area contributed by atoms with Gasteiger partial charge in [0.2, 0.25) is 0 Å². The Kier molecular flexibility index (Phi) is 3.39. The van der Waals surface area contributed by atoms with E-state index in [4.69, 9.17) is 5.73 Å². The summed E-state index contributed by atoms with van der Waals surface area (Å²) in [5.41, 5.74) is 3.30. The van der Waals surface area contributed by atoms with Gasteiger partial charge in [-0.05, 0) is 6.42 Å². The van der Waals surface area contributed by atoms with Crippen LogP contribution in [0.15, 0.2) is 0 Å². The van der Waals surface area contributed by atoms with Gasteiger partial charge in [0.1, 0.15) is 0 Å². The normalized spacial score (nSPS) is 29.8. The Bertz CT molecular complexity index is 198. The van der Waals surface area contributed by atoms with E-state index in [0.717, 1.165) is 7.11 Å². The average Bonchev–Trinajstić information content (AvgIpc) is 2.49. The van der Waals surface area contributed by atoms with E-state index >= 15 is 0 Å². The van der Waals surface area contributed by atoms with Crippen molar-refractivity contribution in [2.45, 2.75) is 18.2 Å². The summed E-state index contributed by atoms with van der Waals surface area (Å²) >= 11 is 0. The van der Waals surface area contributed by atoms with E-state index in [1.54, 1.807) is 4.90 Å². The van der Waals surface area contributed by atoms with Crippen LogP contribution in [0, 0.1) is 0 Å². The molecule has 1 heterocycles. The minimum atomic E-state index is -4.30. The second-order valence-electron chi connectivity index (χ2n) is 3.51. The average molecular weight is 212 g/mol. The number of nitrogens with zero attached hydrogens (tertiary/aromatic N) is 1. The second-order valence-corrected chi connectivity index (χ2v) is 3.51. The summed E-state index contributed by atoms with van der Waals surface area (Å²) in [5.74, 6) is 0. The van der Waals surface area contributed by atoms with Gasteiger partial charge in [0, 0.05) is 33.3 Å². The SMILES string of the molecule is COC1(C(F)(F)F)CCN(CCN)C1. The van der Waals surface area contributed by atoms with Crippen molar-refractivity contribution in [2.75, 3.05) is 33.3 Å². The molecule has 0 aliphatic carbocycles. The number of nitrogens with two attached hydrogens (primary N) is 1. The first kappa shape index (κ1) is 11.7. The zero-order valence-corrected chi connectivity index (χ0v) is 8.10. The van der Waals surface area contributed by atoms with Crippen LogP contribution in [0.25, 0.3) is 0 Å². The summed E-state index contributed by atoms with van der Waals surface area (Å²) < 4.78 is 42.6. The predicted molar refractivity (Wildman–Crippen MR) is 45.9 cm³/mol. The molecule has 0 spiro atoms. The van der Waals surface area contributed by atoms with Crippen LogP contribution in [0.3, 0.4) is 0 Å². The first-order valence-corrected chi connectivity index (χ1v) is 4.49. The third-order valence-corrected chi connectivity index (χ3v) is 2.66. The molecule has 1 fully saturated rings. The highest BCUT2D eigenvalue weighted by atomic mass is 19.4. The largest absolute Gasteiger partial charge is 0.418 e. The van der Waals surface area contributed by atoms with Crippen LogP contribution in [0.4, 0.5) is 13.2 Å². The summed E-state index contributed by atoms with van der Waals surface area (Å²) in [6.45, 7) is 1.15. The smallest absolute Gasteiger partial charge is 0.367 e. The number of methoxy groups -OCH3 is 1. The molecule has 14 heavy (non-hydrogen) atoms. The summed E-state index contributed by atoms with van der Waals surface area (Å²) in [5, 5.41) is 0. The van der Waals surface area contributed by atoms with Crippen molar-refractivity contribution in [3.63, 3.8) is 0 Å². The van der Waals surface area contributed by atoms with E-state index in [9.17, 15) is 13.2 Å². The molecule has 0 saturated carbocycles. The molecular formula is C8H15F3N2O. The van der Waals surface area contributed by atoms with Crippen LogP contribution in [0.5, 0.6) is 0 Å². The quantitative estimate of drug-likeness (QED) is 0.744. The van der Waals surface area contributed by atoms with E-state index in [2.05, 4.69) is 4.74 Å². The maximum Gasteiger partial charge on any atom is 0.418 e. The Morgan fingerprint density at radius 1 is 1.50 bits per heavy atom. The predicted octanol–water partition coefficient (Wildman–Crippen LogP) is 0.598. The van der Waals surface area contributed by atoms with E-state index in [0.29, 0.717) is 19.6 Å². The van der Waals surface area contributed by atoms with E-state index in [1.165, 1.54) is 0 Å². The molecule has 0 amide bonds. The van der Waals surface area contributed by atoms with Crippen molar-refractivity contribution in [1.82, 2.24) is 4.90 Å². The fraction of sp³-hybridized carbons (Fsp3) is 1.00. The van der Waals surface area contributed by atoms with Gasteiger partial charge in [-0.1, -0.05) is 0 Å². The molecule has 1 unspecified atom stereocenters. The third-order valence-electron chi connectivity index (χ3n) is 2.66. The van der Waals surface area contributed by atoms with E-state index in [1.807, 2.05) is 0 Å². The highest BCUT2D eigenvalue weighted by molar-refractivity contribution is 4.97. The number of halogens is 3. The standard InChI is InChI=1S/C8H15F3N2O/c1-14-7(8(9,10)11)2-4-13(6-7)5-3-12/h2-6,12H2,1H3. The molecule has 84 valence electrons. The number of rotatable bonds is 3. The molecule has 0 radical (unpaired) electrons. The Labute approximate surface area is 81.0 Å². The highest BCUT2D eigenvalue weighted by Crippen LogP contribution is 2.40. The zero-order valence-electron chi connectivity index (χ0n) is 8.10. The lowest BCUT2D eigenvalue weighted by atomic mass is 10.0. The fourth-order valence-electron chi connectivity index (χ4n) is 1.75. The summed E-state index contributed by atoms with van der Waals surface area (Å²) in [7, 11) is 1.11. The topological polar surface area (TPSA) is 38.5 Å². The molecular weight excluding hydrogens is 197 g/mol. The van der Waals surface area contributed by atoms with Crippen LogP contribution in [-0.4, -0.2) is 50.0 Å². The first-order chi connectivity index (χ1) is 6.45. The summed E-state index contributed by atoms with van der Waals surface area (Å²) in [6.07, 6.45) is -4.31. The van der Waals surface area contributed by atoms with Crippen molar-refractivity contribution < 1.29 is 17.9 Å². The van der Waals surface area contributed by atoms with Crippen LogP contribution >= 0.6 is 0 Å². The maximum atomic E-state index is 12.6. The fourth-order valence-corrected chi connectivity index (χ4v) is 1.75. The highest BCUT2D eigenvalue weighted by Gasteiger charge is 2.58. The maximum absolute atomic E-state index is 12.6. The number of alkyl halides is 3. The van der Waals surface area contributed by atoms with Crippen LogP contribution in [0.2, 0.25) is 0 Å². The number of hydrogen-bond donors (Lipinski definition) is 1. The van der Waals surface area contributed by atoms with Crippen molar-refractivity contribution in [2.24, 2.45) is 5.73 Å². The second kappa shape index (κ2) is 4.04. The Balaban J connectivity index is 2.66. The molecule has 1 aliphatic rings. The molecule has 1 saturated heterocycles. The van der Waals surface area contributed by atoms with Crippen molar-refractivity contribution in [1.29, 1.82) is 0 Å². The molecule has 1 rings (SSSR count). The molecule has 6 heteroatoms. The van der Waals surface area contributed by atoms with Gasteiger partial charge >= 0.3 is 6.18 Å². The summed E-state index contributed by atoms with van der Waals surface area (Å²) in [6, 6.07) is 0. The monoisotopic (exact) mass is 212 g/mol. The Morgan fingerprint density at radius 3 is 2.50 bits per heavy atom. The molecule has 0 aromatic carbocycles. The van der Waals surface area contributed by atoms with Gasteiger partial charge in [-0.25, -0.2) is 0 Å². The van der Waals surface area contributed by atoms with Gasteiger partial charge in [0.25, 0.3) is 0 Å². The van der Waals surface area contributed by atoms with Gasteiger partial charge < -0.3 is 10.5 Å².